The molecule has 2 fully saturated rings. The molecule has 0 amide bonds. The largest absolute Gasteiger partial charge is 0.383 e. The Bertz CT molecular complexity index is 372. The third-order valence-electron chi connectivity index (χ3n) is 4.60. The SMILES string of the molecule is C#CCON=C1C2(CCCC2)OCC(C)C1(C)C. The molecule has 3 heteroatoms. The number of nitrogens with zero attached hydrogens (tertiary/aromatic N) is 1. The molecule has 0 bridgehead atoms. The van der Waals surface area contributed by atoms with Crippen LogP contribution in [0, 0.1) is 23.7 Å². The van der Waals surface area contributed by atoms with Crippen LogP contribution in [0.25, 0.3) is 0 Å². The van der Waals surface area contributed by atoms with Crippen LogP contribution in [0.4, 0.5) is 0 Å². The van der Waals surface area contributed by atoms with Crippen LogP contribution in [0.15, 0.2) is 5.16 Å². The number of rotatable bonds is 2. The van der Waals surface area contributed by atoms with Crippen molar-refractivity contribution in [3.8, 4) is 12.3 Å². The molecule has 1 aliphatic heterocycles. The van der Waals surface area contributed by atoms with Crippen LogP contribution in [-0.2, 0) is 9.57 Å². The lowest BCUT2D eigenvalue weighted by atomic mass is 9.67. The van der Waals surface area contributed by atoms with E-state index in [4.69, 9.17) is 16.0 Å². The highest BCUT2D eigenvalue weighted by Crippen LogP contribution is 2.47. The number of ether oxygens (including phenoxy) is 1. The van der Waals surface area contributed by atoms with Crippen molar-refractivity contribution in [3.63, 3.8) is 0 Å². The standard InChI is InChI=1S/C15H23NO2/c1-5-10-18-16-13-14(3,4)12(2)11-17-15(13)8-6-7-9-15/h1,12H,6-11H2,2-4H3. The molecule has 0 aromatic rings. The van der Waals surface area contributed by atoms with E-state index < -0.39 is 0 Å². The van der Waals surface area contributed by atoms with E-state index in [1.165, 1.54) is 12.8 Å². The summed E-state index contributed by atoms with van der Waals surface area (Å²) in [6, 6.07) is 0. The zero-order valence-electron chi connectivity index (χ0n) is 11.7. The van der Waals surface area contributed by atoms with Gasteiger partial charge in [-0.1, -0.05) is 44.7 Å². The summed E-state index contributed by atoms with van der Waals surface area (Å²) >= 11 is 0. The second-order valence-electron chi connectivity index (χ2n) is 6.05. The first kappa shape index (κ1) is 13.4. The molecule has 2 aliphatic rings. The van der Waals surface area contributed by atoms with Crippen molar-refractivity contribution in [2.45, 2.75) is 52.1 Å². The van der Waals surface area contributed by atoms with Gasteiger partial charge in [0.15, 0.2) is 6.61 Å². The zero-order valence-corrected chi connectivity index (χ0v) is 11.7. The number of oxime groups is 1. The molecule has 18 heavy (non-hydrogen) atoms. The molecule has 1 spiro atoms. The predicted molar refractivity (Wildman–Crippen MR) is 72.3 cm³/mol. The first-order chi connectivity index (χ1) is 8.53. The van der Waals surface area contributed by atoms with Crippen molar-refractivity contribution < 1.29 is 9.57 Å². The molecule has 1 aliphatic carbocycles. The van der Waals surface area contributed by atoms with Gasteiger partial charge in [-0.25, -0.2) is 0 Å². The molecular formula is C15H23NO2. The van der Waals surface area contributed by atoms with E-state index in [1.54, 1.807) is 0 Å². The van der Waals surface area contributed by atoms with Gasteiger partial charge in [-0.2, -0.15) is 0 Å². The maximum Gasteiger partial charge on any atom is 0.177 e. The second-order valence-corrected chi connectivity index (χ2v) is 6.05. The van der Waals surface area contributed by atoms with Crippen molar-refractivity contribution in [1.29, 1.82) is 0 Å². The topological polar surface area (TPSA) is 30.8 Å². The van der Waals surface area contributed by atoms with Gasteiger partial charge in [-0.15, -0.1) is 6.42 Å². The van der Waals surface area contributed by atoms with E-state index in [0.29, 0.717) is 5.92 Å². The Balaban J connectivity index is 2.30. The van der Waals surface area contributed by atoms with Crippen LogP contribution >= 0.6 is 0 Å². The van der Waals surface area contributed by atoms with Crippen molar-refractivity contribution >= 4 is 5.71 Å². The first-order valence-electron chi connectivity index (χ1n) is 6.81. The summed E-state index contributed by atoms with van der Waals surface area (Å²) in [5, 5.41) is 4.36. The van der Waals surface area contributed by atoms with E-state index in [2.05, 4.69) is 31.8 Å². The average Bonchev–Trinajstić information content (AvgIpc) is 2.79. The zero-order chi connectivity index (χ0) is 13.2. The normalized spacial score (nSPS) is 31.4. The number of hydrogen-bond donors (Lipinski definition) is 0. The van der Waals surface area contributed by atoms with Crippen LogP contribution in [0.1, 0.15) is 46.5 Å². The third kappa shape index (κ3) is 2.14. The van der Waals surface area contributed by atoms with Gasteiger partial charge in [0.1, 0.15) is 5.60 Å². The molecule has 0 aromatic heterocycles. The Morgan fingerprint density at radius 3 is 2.72 bits per heavy atom. The second kappa shape index (κ2) is 4.93. The molecule has 0 N–H and O–H groups in total. The molecule has 2 rings (SSSR count). The fraction of sp³-hybridized carbons (Fsp3) is 0.800. The third-order valence-corrected chi connectivity index (χ3v) is 4.60. The molecule has 1 atom stereocenters. The van der Waals surface area contributed by atoms with Crippen molar-refractivity contribution in [2.24, 2.45) is 16.5 Å². The molecule has 1 unspecified atom stereocenters. The Hall–Kier alpha value is -1.01. The lowest BCUT2D eigenvalue weighted by molar-refractivity contribution is -0.0558. The predicted octanol–water partition coefficient (Wildman–Crippen LogP) is 3.00. The van der Waals surface area contributed by atoms with Gasteiger partial charge < -0.3 is 9.57 Å². The Morgan fingerprint density at radius 2 is 2.11 bits per heavy atom. The van der Waals surface area contributed by atoms with Gasteiger partial charge in [0.2, 0.25) is 0 Å². The number of terminal acetylenes is 1. The molecule has 1 saturated carbocycles. The molecule has 0 radical (unpaired) electrons. The van der Waals surface area contributed by atoms with E-state index >= 15 is 0 Å². The lowest BCUT2D eigenvalue weighted by Crippen LogP contribution is -2.55. The van der Waals surface area contributed by atoms with Crippen molar-refractivity contribution in [3.05, 3.63) is 0 Å². The molecule has 0 aromatic carbocycles. The molecule has 3 nitrogen and oxygen atoms in total. The summed E-state index contributed by atoms with van der Waals surface area (Å²) in [6.45, 7) is 7.71. The van der Waals surface area contributed by atoms with Gasteiger partial charge in [0.25, 0.3) is 0 Å². The monoisotopic (exact) mass is 249 g/mol. The smallest absolute Gasteiger partial charge is 0.177 e. The van der Waals surface area contributed by atoms with Crippen LogP contribution in [0.2, 0.25) is 0 Å². The van der Waals surface area contributed by atoms with E-state index in [9.17, 15) is 0 Å². The van der Waals surface area contributed by atoms with Crippen LogP contribution in [0.5, 0.6) is 0 Å². The summed E-state index contributed by atoms with van der Waals surface area (Å²) < 4.78 is 6.16. The summed E-state index contributed by atoms with van der Waals surface area (Å²) in [5.41, 5.74) is 0.878. The highest BCUT2D eigenvalue weighted by molar-refractivity contribution is 5.97. The van der Waals surface area contributed by atoms with Gasteiger partial charge in [-0.3, -0.25) is 0 Å². The molecule has 1 saturated heterocycles. The molecule has 100 valence electrons. The Morgan fingerprint density at radius 1 is 1.44 bits per heavy atom. The highest BCUT2D eigenvalue weighted by atomic mass is 16.6. The minimum atomic E-state index is -0.190. The van der Waals surface area contributed by atoms with E-state index in [1.807, 2.05) is 0 Å². The van der Waals surface area contributed by atoms with Gasteiger partial charge in [0, 0.05) is 5.41 Å². The highest BCUT2D eigenvalue weighted by Gasteiger charge is 2.52. The number of hydrogen-bond acceptors (Lipinski definition) is 3. The fourth-order valence-corrected chi connectivity index (χ4v) is 3.04. The van der Waals surface area contributed by atoms with Gasteiger partial charge in [0.05, 0.1) is 12.3 Å². The quantitative estimate of drug-likeness (QED) is 0.428. The van der Waals surface area contributed by atoms with Crippen molar-refractivity contribution in [1.82, 2.24) is 0 Å². The van der Waals surface area contributed by atoms with Gasteiger partial charge in [-0.05, 0) is 18.8 Å². The first-order valence-corrected chi connectivity index (χ1v) is 6.81. The summed E-state index contributed by atoms with van der Waals surface area (Å²) in [4.78, 5) is 5.26. The maximum absolute atomic E-state index is 6.16. The summed E-state index contributed by atoms with van der Waals surface area (Å²) in [7, 11) is 0. The van der Waals surface area contributed by atoms with Crippen molar-refractivity contribution in [2.75, 3.05) is 13.2 Å². The van der Waals surface area contributed by atoms with E-state index in [0.717, 1.165) is 25.2 Å². The minimum Gasteiger partial charge on any atom is -0.383 e. The van der Waals surface area contributed by atoms with Crippen LogP contribution < -0.4 is 0 Å². The Labute approximate surface area is 110 Å². The van der Waals surface area contributed by atoms with E-state index in [-0.39, 0.29) is 17.6 Å². The Kier molecular flexibility index (Phi) is 3.68. The van der Waals surface area contributed by atoms with Gasteiger partial charge >= 0.3 is 0 Å². The molecular weight excluding hydrogens is 226 g/mol. The maximum atomic E-state index is 6.16. The average molecular weight is 249 g/mol. The van der Waals surface area contributed by atoms with Crippen LogP contribution in [-0.4, -0.2) is 24.5 Å². The van der Waals surface area contributed by atoms with Crippen LogP contribution in [0.3, 0.4) is 0 Å². The lowest BCUT2D eigenvalue weighted by Gasteiger charge is -2.47. The minimum absolute atomic E-state index is 0.0111. The summed E-state index contributed by atoms with van der Waals surface area (Å²) in [6.07, 6.45) is 9.74. The summed E-state index contributed by atoms with van der Waals surface area (Å²) in [5.74, 6) is 2.90. The fourth-order valence-electron chi connectivity index (χ4n) is 3.04. The molecule has 1 heterocycles.